The van der Waals surface area contributed by atoms with Gasteiger partial charge in [0, 0.05) is 0 Å². The van der Waals surface area contributed by atoms with Crippen LogP contribution < -0.4 is 16.4 Å². The van der Waals surface area contributed by atoms with E-state index < -0.39 is 35.1 Å². The maximum Gasteiger partial charge on any atom is 0.416 e. The molecule has 0 fully saturated rings. The summed E-state index contributed by atoms with van der Waals surface area (Å²) in [6, 6.07) is 1.43. The molecular formula is C11H9F4N3O2S. The van der Waals surface area contributed by atoms with E-state index >= 15 is 0 Å². The van der Waals surface area contributed by atoms with E-state index in [1.807, 2.05) is 5.32 Å². The van der Waals surface area contributed by atoms with Crippen LogP contribution in [-0.2, 0) is 15.8 Å². The van der Waals surface area contributed by atoms with Crippen LogP contribution in [-0.4, -0.2) is 23.3 Å². The van der Waals surface area contributed by atoms with E-state index in [4.69, 9.17) is 5.73 Å². The first-order valence-corrected chi connectivity index (χ1v) is 5.76. The predicted octanol–water partition coefficient (Wildman–Crippen LogP) is 1.19. The zero-order valence-corrected chi connectivity index (χ0v) is 11.1. The molecule has 0 spiro atoms. The predicted molar refractivity (Wildman–Crippen MR) is 69.8 cm³/mol. The molecule has 0 heterocycles. The number of nitrogens with one attached hydrogen (secondary N) is 2. The van der Waals surface area contributed by atoms with Crippen molar-refractivity contribution >= 4 is 34.7 Å². The first-order chi connectivity index (χ1) is 9.61. The smallest absolute Gasteiger partial charge is 0.392 e. The molecule has 0 radical (unpaired) electrons. The van der Waals surface area contributed by atoms with E-state index in [2.05, 4.69) is 12.2 Å². The zero-order chi connectivity index (χ0) is 16.2. The standard InChI is InChI=1S/C11H9F4N3O2S/c12-6-2-1-5(11(13,14)15)3-7(6)18-10(20)9(19)17-4-8(16)21/h1-3H,4H2,(H2,16,21)(H,17,19)(H,18,20). The topological polar surface area (TPSA) is 84.2 Å². The number of carbonyl (C=O) groups excluding carboxylic acids is 2. The van der Waals surface area contributed by atoms with E-state index in [1.54, 1.807) is 5.32 Å². The van der Waals surface area contributed by atoms with Crippen LogP contribution in [0.2, 0.25) is 0 Å². The van der Waals surface area contributed by atoms with E-state index in [0.29, 0.717) is 18.2 Å². The first kappa shape index (κ1) is 16.8. The van der Waals surface area contributed by atoms with Gasteiger partial charge in [-0.05, 0) is 18.2 Å². The highest BCUT2D eigenvalue weighted by molar-refractivity contribution is 7.80. The van der Waals surface area contributed by atoms with Gasteiger partial charge in [0.1, 0.15) is 5.82 Å². The van der Waals surface area contributed by atoms with Crippen LogP contribution in [0.3, 0.4) is 0 Å². The minimum absolute atomic E-state index is 0.0959. The van der Waals surface area contributed by atoms with Gasteiger partial charge in [0.05, 0.1) is 22.8 Å². The number of amides is 2. The van der Waals surface area contributed by atoms with Gasteiger partial charge < -0.3 is 16.4 Å². The fourth-order valence-corrected chi connectivity index (χ4v) is 1.30. The number of hydrogen-bond donors (Lipinski definition) is 3. The lowest BCUT2D eigenvalue weighted by Crippen LogP contribution is -2.39. The van der Waals surface area contributed by atoms with Gasteiger partial charge in [-0.15, -0.1) is 0 Å². The second-order valence-electron chi connectivity index (χ2n) is 3.80. The lowest BCUT2D eigenvalue weighted by molar-refractivity contribution is -0.137. The summed E-state index contributed by atoms with van der Waals surface area (Å²) in [6.45, 7) is -0.271. The minimum atomic E-state index is -4.71. The largest absolute Gasteiger partial charge is 0.416 e. The normalized spacial score (nSPS) is 10.9. The number of anilines is 1. The molecule has 5 nitrogen and oxygen atoms in total. The maximum absolute atomic E-state index is 13.3. The Hall–Kier alpha value is -2.23. The third kappa shape index (κ3) is 4.99. The van der Waals surface area contributed by atoms with Crippen LogP contribution >= 0.6 is 12.2 Å². The summed E-state index contributed by atoms with van der Waals surface area (Å²) in [4.78, 5) is 22.5. The molecule has 1 rings (SSSR count). The van der Waals surface area contributed by atoms with Crippen molar-refractivity contribution in [3.05, 3.63) is 29.6 Å². The van der Waals surface area contributed by atoms with Crippen molar-refractivity contribution in [2.45, 2.75) is 6.18 Å². The molecule has 0 aliphatic rings. The number of hydrogen-bond acceptors (Lipinski definition) is 3. The molecule has 4 N–H and O–H groups in total. The summed E-state index contributed by atoms with van der Waals surface area (Å²) in [5.74, 6) is -3.66. The van der Waals surface area contributed by atoms with Crippen LogP contribution in [0.4, 0.5) is 23.2 Å². The quantitative estimate of drug-likeness (QED) is 0.443. The van der Waals surface area contributed by atoms with Crippen molar-refractivity contribution in [1.82, 2.24) is 5.32 Å². The van der Waals surface area contributed by atoms with Crippen LogP contribution in [0.1, 0.15) is 5.56 Å². The van der Waals surface area contributed by atoms with Crippen molar-refractivity contribution in [1.29, 1.82) is 0 Å². The van der Waals surface area contributed by atoms with E-state index in [-0.39, 0.29) is 11.5 Å². The maximum atomic E-state index is 13.3. The molecule has 21 heavy (non-hydrogen) atoms. The Bertz CT molecular complexity index is 589. The molecule has 0 aliphatic carbocycles. The van der Waals surface area contributed by atoms with Gasteiger partial charge in [0.25, 0.3) is 0 Å². The van der Waals surface area contributed by atoms with Crippen LogP contribution in [0, 0.1) is 5.82 Å². The third-order valence-corrected chi connectivity index (χ3v) is 2.32. The lowest BCUT2D eigenvalue weighted by Gasteiger charge is -2.10. The molecule has 0 atom stereocenters. The molecule has 0 unspecified atom stereocenters. The molecule has 10 heteroatoms. The Morgan fingerprint density at radius 2 is 1.86 bits per heavy atom. The zero-order valence-electron chi connectivity index (χ0n) is 10.3. The third-order valence-electron chi connectivity index (χ3n) is 2.17. The highest BCUT2D eigenvalue weighted by atomic mass is 32.1. The van der Waals surface area contributed by atoms with E-state index in [0.717, 1.165) is 0 Å². The molecule has 0 saturated heterocycles. The molecule has 0 aromatic heterocycles. The number of rotatable bonds is 3. The van der Waals surface area contributed by atoms with Gasteiger partial charge in [0.15, 0.2) is 0 Å². The monoisotopic (exact) mass is 323 g/mol. The van der Waals surface area contributed by atoms with Gasteiger partial charge in [-0.2, -0.15) is 13.2 Å². The Kier molecular flexibility index (Phi) is 5.19. The summed E-state index contributed by atoms with van der Waals surface area (Å²) >= 11 is 4.46. The van der Waals surface area contributed by atoms with Crippen LogP contribution in [0.15, 0.2) is 18.2 Å². The second-order valence-corrected chi connectivity index (χ2v) is 4.32. The fraction of sp³-hybridized carbons (Fsp3) is 0.182. The average molecular weight is 323 g/mol. The van der Waals surface area contributed by atoms with Crippen LogP contribution in [0.25, 0.3) is 0 Å². The van der Waals surface area contributed by atoms with Gasteiger partial charge in [0.2, 0.25) is 0 Å². The summed E-state index contributed by atoms with van der Waals surface area (Å²) in [7, 11) is 0. The molecule has 0 bridgehead atoms. The van der Waals surface area contributed by atoms with Gasteiger partial charge in [-0.1, -0.05) is 12.2 Å². The molecule has 0 saturated carbocycles. The number of alkyl halides is 3. The Balaban J connectivity index is 2.85. The second kappa shape index (κ2) is 6.48. The molecule has 1 aromatic rings. The number of benzene rings is 1. The number of carbonyl (C=O) groups is 2. The molecular weight excluding hydrogens is 314 g/mol. The van der Waals surface area contributed by atoms with Crippen molar-refractivity contribution in [2.75, 3.05) is 11.9 Å². The van der Waals surface area contributed by atoms with Gasteiger partial charge in [-0.25, -0.2) is 4.39 Å². The fourth-order valence-electron chi connectivity index (χ4n) is 1.22. The van der Waals surface area contributed by atoms with Crippen molar-refractivity contribution in [2.24, 2.45) is 5.73 Å². The molecule has 1 aromatic carbocycles. The Morgan fingerprint density at radius 3 is 2.38 bits per heavy atom. The number of nitrogens with two attached hydrogens (primary N) is 1. The average Bonchev–Trinajstić information content (AvgIpc) is 2.36. The van der Waals surface area contributed by atoms with Crippen molar-refractivity contribution in [3.63, 3.8) is 0 Å². The summed E-state index contributed by atoms with van der Waals surface area (Å²) in [5.41, 5.74) is 3.16. The summed E-state index contributed by atoms with van der Waals surface area (Å²) in [6.07, 6.45) is -4.71. The number of thiocarbonyl (C=S) groups is 1. The molecule has 2 amide bonds. The van der Waals surface area contributed by atoms with Crippen LogP contribution in [0.5, 0.6) is 0 Å². The molecule has 114 valence electrons. The highest BCUT2D eigenvalue weighted by Crippen LogP contribution is 2.31. The van der Waals surface area contributed by atoms with Gasteiger partial charge in [-0.3, -0.25) is 9.59 Å². The minimum Gasteiger partial charge on any atom is -0.392 e. The summed E-state index contributed by atoms with van der Waals surface area (Å²) < 4.78 is 50.7. The van der Waals surface area contributed by atoms with Crippen molar-refractivity contribution < 1.29 is 27.2 Å². The first-order valence-electron chi connectivity index (χ1n) is 5.35. The lowest BCUT2D eigenvalue weighted by atomic mass is 10.2. The molecule has 0 aliphatic heterocycles. The van der Waals surface area contributed by atoms with E-state index in [9.17, 15) is 27.2 Å². The highest BCUT2D eigenvalue weighted by Gasteiger charge is 2.31. The Morgan fingerprint density at radius 1 is 1.24 bits per heavy atom. The number of halogens is 4. The van der Waals surface area contributed by atoms with Gasteiger partial charge >= 0.3 is 18.0 Å². The van der Waals surface area contributed by atoms with E-state index in [1.165, 1.54) is 0 Å². The Labute approximate surface area is 121 Å². The summed E-state index contributed by atoms with van der Waals surface area (Å²) in [5, 5.41) is 3.74. The SMILES string of the molecule is NC(=S)CNC(=O)C(=O)Nc1cc(C(F)(F)F)ccc1F. The van der Waals surface area contributed by atoms with Crippen molar-refractivity contribution in [3.8, 4) is 0 Å².